The van der Waals surface area contributed by atoms with Crippen LogP contribution in [0, 0.1) is 0 Å². The molecule has 0 radical (unpaired) electrons. The van der Waals surface area contributed by atoms with Crippen molar-refractivity contribution in [2.45, 2.75) is 6.42 Å². The van der Waals surface area contributed by atoms with Crippen molar-refractivity contribution in [3.8, 4) is 17.2 Å². The number of methoxy groups -OCH3 is 3. The number of anilines is 1. The van der Waals surface area contributed by atoms with E-state index in [0.717, 1.165) is 39.1 Å². The number of piperazine rings is 1. The molecule has 2 aromatic carbocycles. The second-order valence-electron chi connectivity index (χ2n) is 7.19. The highest BCUT2D eigenvalue weighted by Gasteiger charge is 2.18. The number of ether oxygens (including phenoxy) is 3. The van der Waals surface area contributed by atoms with Crippen LogP contribution in [0.5, 0.6) is 17.2 Å². The molecule has 0 unspecified atom stereocenters. The van der Waals surface area contributed by atoms with Crippen molar-refractivity contribution >= 4 is 11.6 Å². The van der Waals surface area contributed by atoms with E-state index in [-0.39, 0.29) is 5.91 Å². The Bertz CT molecular complexity index is 795. The van der Waals surface area contributed by atoms with Crippen molar-refractivity contribution in [2.24, 2.45) is 0 Å². The molecule has 2 aromatic rings. The number of para-hydroxylation sites is 1. The number of nitrogens with zero attached hydrogens (tertiary/aromatic N) is 2. The standard InChI is InChI=1S/C23H31N3O4/c1-28-20-16-18(17-21(29-2)22(20)30-3)23(27)24-10-7-11-25-12-14-26(15-13-25)19-8-5-4-6-9-19/h4-6,8-9,16-17H,7,10-15H2,1-3H3,(H,24,27). The quantitative estimate of drug-likeness (QED) is 0.638. The molecule has 0 bridgehead atoms. The Hall–Kier alpha value is -2.93. The van der Waals surface area contributed by atoms with Gasteiger partial charge in [-0.15, -0.1) is 0 Å². The van der Waals surface area contributed by atoms with Crippen molar-refractivity contribution in [1.29, 1.82) is 0 Å². The Morgan fingerprint density at radius 3 is 2.13 bits per heavy atom. The van der Waals surface area contributed by atoms with Gasteiger partial charge in [0.25, 0.3) is 5.91 Å². The highest BCUT2D eigenvalue weighted by molar-refractivity contribution is 5.95. The third-order valence-electron chi connectivity index (χ3n) is 5.36. The fourth-order valence-corrected chi connectivity index (χ4v) is 3.69. The first kappa shape index (κ1) is 21.8. The Kier molecular flexibility index (Phi) is 7.79. The average molecular weight is 414 g/mol. The van der Waals surface area contributed by atoms with E-state index in [1.807, 2.05) is 6.07 Å². The lowest BCUT2D eigenvalue weighted by atomic mass is 10.1. The summed E-state index contributed by atoms with van der Waals surface area (Å²) in [6, 6.07) is 13.9. The first-order valence-corrected chi connectivity index (χ1v) is 10.3. The molecule has 0 saturated carbocycles. The van der Waals surface area contributed by atoms with Crippen molar-refractivity contribution in [2.75, 3.05) is 65.5 Å². The van der Waals surface area contributed by atoms with Crippen LogP contribution in [0.15, 0.2) is 42.5 Å². The van der Waals surface area contributed by atoms with Gasteiger partial charge < -0.3 is 24.4 Å². The lowest BCUT2D eigenvalue weighted by Crippen LogP contribution is -2.47. The van der Waals surface area contributed by atoms with E-state index < -0.39 is 0 Å². The van der Waals surface area contributed by atoms with E-state index in [4.69, 9.17) is 14.2 Å². The summed E-state index contributed by atoms with van der Waals surface area (Å²) in [7, 11) is 4.62. The van der Waals surface area contributed by atoms with Crippen LogP contribution in [0.3, 0.4) is 0 Å². The van der Waals surface area contributed by atoms with E-state index in [9.17, 15) is 4.79 Å². The van der Waals surface area contributed by atoms with Gasteiger partial charge in [0.05, 0.1) is 21.3 Å². The predicted molar refractivity (Wildman–Crippen MR) is 118 cm³/mol. The minimum absolute atomic E-state index is 0.150. The third kappa shape index (κ3) is 5.36. The van der Waals surface area contributed by atoms with Gasteiger partial charge >= 0.3 is 0 Å². The topological polar surface area (TPSA) is 63.3 Å². The molecule has 1 saturated heterocycles. The van der Waals surface area contributed by atoms with E-state index >= 15 is 0 Å². The molecule has 1 heterocycles. The van der Waals surface area contributed by atoms with Crippen LogP contribution >= 0.6 is 0 Å². The molecule has 1 aliphatic heterocycles. The summed E-state index contributed by atoms with van der Waals surface area (Å²) in [4.78, 5) is 17.4. The predicted octanol–water partition coefficient (Wildman–Crippen LogP) is 2.65. The number of carbonyl (C=O) groups excluding carboxylic acids is 1. The molecule has 0 spiro atoms. The number of benzene rings is 2. The molecule has 1 aliphatic rings. The van der Waals surface area contributed by atoms with E-state index in [0.29, 0.717) is 29.4 Å². The molecule has 1 amide bonds. The van der Waals surface area contributed by atoms with Gasteiger partial charge in [0.15, 0.2) is 11.5 Å². The highest BCUT2D eigenvalue weighted by Crippen LogP contribution is 2.38. The molecule has 1 N–H and O–H groups in total. The number of carbonyl (C=O) groups is 1. The Labute approximate surface area is 178 Å². The summed E-state index contributed by atoms with van der Waals surface area (Å²) in [6.45, 7) is 5.72. The summed E-state index contributed by atoms with van der Waals surface area (Å²) in [5, 5.41) is 2.99. The number of nitrogens with one attached hydrogen (secondary N) is 1. The molecule has 30 heavy (non-hydrogen) atoms. The lowest BCUT2D eigenvalue weighted by Gasteiger charge is -2.36. The van der Waals surface area contributed by atoms with Gasteiger partial charge in [-0.2, -0.15) is 0 Å². The molecule has 162 valence electrons. The summed E-state index contributed by atoms with van der Waals surface area (Å²) < 4.78 is 15.9. The Morgan fingerprint density at radius 2 is 1.57 bits per heavy atom. The zero-order chi connectivity index (χ0) is 21.3. The molecule has 0 aromatic heterocycles. The monoisotopic (exact) mass is 413 g/mol. The van der Waals surface area contributed by atoms with Crippen LogP contribution < -0.4 is 24.4 Å². The molecule has 3 rings (SSSR count). The van der Waals surface area contributed by atoms with Gasteiger partial charge in [0.1, 0.15) is 0 Å². The maximum Gasteiger partial charge on any atom is 0.251 e. The molecular formula is C23H31N3O4. The summed E-state index contributed by atoms with van der Waals surface area (Å²) in [5.74, 6) is 1.27. The third-order valence-corrected chi connectivity index (χ3v) is 5.36. The van der Waals surface area contributed by atoms with Gasteiger partial charge in [0.2, 0.25) is 5.75 Å². The van der Waals surface area contributed by atoms with Crippen LogP contribution in [0.1, 0.15) is 16.8 Å². The second-order valence-corrected chi connectivity index (χ2v) is 7.19. The van der Waals surface area contributed by atoms with Crippen LogP contribution in [-0.2, 0) is 0 Å². The number of rotatable bonds is 9. The second kappa shape index (κ2) is 10.7. The Balaban J connectivity index is 1.43. The van der Waals surface area contributed by atoms with Crippen molar-refractivity contribution in [3.63, 3.8) is 0 Å². The lowest BCUT2D eigenvalue weighted by molar-refractivity contribution is 0.0950. The van der Waals surface area contributed by atoms with Gasteiger partial charge in [-0.25, -0.2) is 0 Å². The zero-order valence-corrected chi connectivity index (χ0v) is 18.0. The summed E-state index contributed by atoms with van der Waals surface area (Å²) in [6.07, 6.45) is 0.904. The molecule has 0 atom stereocenters. The fourth-order valence-electron chi connectivity index (χ4n) is 3.69. The molecule has 1 fully saturated rings. The SMILES string of the molecule is COc1cc(C(=O)NCCCN2CCN(c3ccccc3)CC2)cc(OC)c1OC. The van der Waals surface area contributed by atoms with Crippen LogP contribution in [-0.4, -0.2) is 71.4 Å². The minimum Gasteiger partial charge on any atom is -0.493 e. The Morgan fingerprint density at radius 1 is 0.933 bits per heavy atom. The van der Waals surface area contributed by atoms with Crippen LogP contribution in [0.25, 0.3) is 0 Å². The average Bonchev–Trinajstić information content (AvgIpc) is 2.81. The highest BCUT2D eigenvalue weighted by atomic mass is 16.5. The first-order valence-electron chi connectivity index (χ1n) is 10.3. The van der Waals surface area contributed by atoms with Gasteiger partial charge in [-0.3, -0.25) is 9.69 Å². The molecule has 7 nitrogen and oxygen atoms in total. The normalized spacial score (nSPS) is 14.3. The minimum atomic E-state index is -0.150. The molecule has 0 aliphatic carbocycles. The number of hydrogen-bond acceptors (Lipinski definition) is 6. The number of hydrogen-bond donors (Lipinski definition) is 1. The van der Waals surface area contributed by atoms with Crippen molar-refractivity contribution < 1.29 is 19.0 Å². The van der Waals surface area contributed by atoms with Crippen molar-refractivity contribution in [1.82, 2.24) is 10.2 Å². The maximum atomic E-state index is 12.5. The fraction of sp³-hybridized carbons (Fsp3) is 0.435. The first-order chi connectivity index (χ1) is 14.7. The smallest absolute Gasteiger partial charge is 0.251 e. The molecule has 7 heteroatoms. The van der Waals surface area contributed by atoms with E-state index in [2.05, 4.69) is 39.4 Å². The van der Waals surface area contributed by atoms with Crippen LogP contribution in [0.4, 0.5) is 5.69 Å². The number of amides is 1. The maximum absolute atomic E-state index is 12.5. The largest absolute Gasteiger partial charge is 0.493 e. The zero-order valence-electron chi connectivity index (χ0n) is 18.0. The van der Waals surface area contributed by atoms with Crippen LogP contribution in [0.2, 0.25) is 0 Å². The van der Waals surface area contributed by atoms with E-state index in [1.165, 1.54) is 19.9 Å². The van der Waals surface area contributed by atoms with Gasteiger partial charge in [-0.05, 0) is 37.2 Å². The van der Waals surface area contributed by atoms with Gasteiger partial charge in [0, 0.05) is 44.0 Å². The summed E-state index contributed by atoms with van der Waals surface area (Å²) in [5.41, 5.74) is 1.77. The summed E-state index contributed by atoms with van der Waals surface area (Å²) >= 11 is 0. The van der Waals surface area contributed by atoms with Crippen molar-refractivity contribution in [3.05, 3.63) is 48.0 Å². The van der Waals surface area contributed by atoms with E-state index in [1.54, 1.807) is 19.2 Å². The molecular weight excluding hydrogens is 382 g/mol. The van der Waals surface area contributed by atoms with Gasteiger partial charge in [-0.1, -0.05) is 18.2 Å².